The molecule has 3 nitrogen and oxygen atoms in total. The standard InChI is InChI=1S/C27H22N2O/c30-27-14-8-7-13-25(27)28-19-26(29(20-28)24-11-5-2-6-12-24)23-17-15-22(16-18-23)21-9-3-1-4-10-21/h1-19,30H,20H2. The summed E-state index contributed by atoms with van der Waals surface area (Å²) in [6.07, 6.45) is 2.11. The summed E-state index contributed by atoms with van der Waals surface area (Å²) < 4.78 is 0. The maximum atomic E-state index is 10.4. The lowest BCUT2D eigenvalue weighted by Crippen LogP contribution is -2.26. The topological polar surface area (TPSA) is 26.7 Å². The Bertz CT molecular complexity index is 1170. The molecule has 0 fully saturated rings. The number of benzene rings is 4. The number of hydrogen-bond donors (Lipinski definition) is 1. The highest BCUT2D eigenvalue weighted by Gasteiger charge is 2.25. The van der Waals surface area contributed by atoms with Crippen LogP contribution in [0.3, 0.4) is 0 Å². The molecule has 0 saturated carbocycles. The van der Waals surface area contributed by atoms with Gasteiger partial charge in [-0.15, -0.1) is 0 Å². The highest BCUT2D eigenvalue weighted by molar-refractivity contribution is 5.86. The van der Waals surface area contributed by atoms with Gasteiger partial charge in [0, 0.05) is 11.9 Å². The molecule has 0 aliphatic carbocycles. The SMILES string of the molecule is Oc1ccccc1N1C=C(c2ccc(-c3ccccc3)cc2)N(c2ccccc2)C1. The lowest BCUT2D eigenvalue weighted by Gasteiger charge is -2.24. The number of anilines is 2. The number of aromatic hydroxyl groups is 1. The first-order chi connectivity index (χ1) is 14.8. The van der Waals surface area contributed by atoms with Crippen LogP contribution < -0.4 is 9.80 Å². The molecule has 0 spiro atoms. The van der Waals surface area contributed by atoms with E-state index in [0.717, 1.165) is 22.6 Å². The number of nitrogens with zero attached hydrogens (tertiary/aromatic N) is 2. The van der Waals surface area contributed by atoms with Crippen LogP contribution in [0.5, 0.6) is 5.75 Å². The van der Waals surface area contributed by atoms with Crippen molar-refractivity contribution in [3.05, 3.63) is 121 Å². The Morgan fingerprint density at radius 1 is 0.567 bits per heavy atom. The third kappa shape index (κ3) is 3.42. The maximum absolute atomic E-state index is 10.4. The highest BCUT2D eigenvalue weighted by atomic mass is 16.3. The van der Waals surface area contributed by atoms with Crippen LogP contribution in [0.1, 0.15) is 5.56 Å². The van der Waals surface area contributed by atoms with Crippen molar-refractivity contribution in [1.82, 2.24) is 0 Å². The first kappa shape index (κ1) is 18.1. The summed E-state index contributed by atoms with van der Waals surface area (Å²) in [6.45, 7) is 0.636. The Kier molecular flexibility index (Phi) is 4.70. The first-order valence-corrected chi connectivity index (χ1v) is 10.0. The van der Waals surface area contributed by atoms with E-state index in [4.69, 9.17) is 0 Å². The monoisotopic (exact) mass is 390 g/mol. The van der Waals surface area contributed by atoms with Crippen molar-refractivity contribution in [3.8, 4) is 16.9 Å². The van der Waals surface area contributed by atoms with Gasteiger partial charge in [0.1, 0.15) is 5.75 Å². The van der Waals surface area contributed by atoms with E-state index < -0.39 is 0 Å². The minimum absolute atomic E-state index is 0.280. The van der Waals surface area contributed by atoms with Crippen molar-refractivity contribution in [2.24, 2.45) is 0 Å². The summed E-state index contributed by atoms with van der Waals surface area (Å²) in [6, 6.07) is 36.9. The van der Waals surface area contributed by atoms with Gasteiger partial charge < -0.3 is 14.9 Å². The van der Waals surface area contributed by atoms with Crippen LogP contribution in [0.2, 0.25) is 0 Å². The number of phenols is 1. The van der Waals surface area contributed by atoms with Gasteiger partial charge in [-0.25, -0.2) is 0 Å². The van der Waals surface area contributed by atoms with Crippen LogP contribution in [0.15, 0.2) is 115 Å². The van der Waals surface area contributed by atoms with Crippen LogP contribution in [-0.2, 0) is 0 Å². The summed E-state index contributed by atoms with van der Waals surface area (Å²) in [5, 5.41) is 10.4. The predicted octanol–water partition coefficient (Wildman–Crippen LogP) is 6.34. The quantitative estimate of drug-likeness (QED) is 0.440. The number of para-hydroxylation sites is 3. The average Bonchev–Trinajstić information content (AvgIpc) is 3.26. The van der Waals surface area contributed by atoms with E-state index in [9.17, 15) is 5.11 Å². The van der Waals surface area contributed by atoms with Crippen molar-refractivity contribution in [2.45, 2.75) is 0 Å². The predicted molar refractivity (Wildman–Crippen MR) is 124 cm³/mol. The van der Waals surface area contributed by atoms with Gasteiger partial charge in [0.05, 0.1) is 18.1 Å². The summed E-state index contributed by atoms with van der Waals surface area (Å²) >= 11 is 0. The fourth-order valence-electron chi connectivity index (χ4n) is 3.86. The minimum atomic E-state index is 0.280. The van der Waals surface area contributed by atoms with E-state index in [1.54, 1.807) is 6.07 Å². The lowest BCUT2D eigenvalue weighted by molar-refractivity contribution is 0.475. The van der Waals surface area contributed by atoms with Crippen LogP contribution in [0.25, 0.3) is 16.8 Å². The van der Waals surface area contributed by atoms with Gasteiger partial charge in [0.15, 0.2) is 0 Å². The van der Waals surface area contributed by atoms with Gasteiger partial charge in [-0.1, -0.05) is 84.9 Å². The molecule has 1 aliphatic heterocycles. The molecule has 3 heteroatoms. The van der Waals surface area contributed by atoms with Crippen molar-refractivity contribution in [1.29, 1.82) is 0 Å². The first-order valence-electron chi connectivity index (χ1n) is 10.0. The third-order valence-corrected chi connectivity index (χ3v) is 5.41. The Hall–Kier alpha value is -3.98. The van der Waals surface area contributed by atoms with E-state index in [-0.39, 0.29) is 5.75 Å². The smallest absolute Gasteiger partial charge is 0.139 e. The lowest BCUT2D eigenvalue weighted by atomic mass is 10.0. The Morgan fingerprint density at radius 3 is 1.83 bits per heavy atom. The van der Waals surface area contributed by atoms with E-state index in [1.165, 1.54) is 11.1 Å². The Balaban J connectivity index is 1.54. The molecule has 0 radical (unpaired) electrons. The largest absolute Gasteiger partial charge is 0.506 e. The van der Waals surface area contributed by atoms with Crippen molar-refractivity contribution in [2.75, 3.05) is 16.5 Å². The van der Waals surface area contributed by atoms with E-state index in [0.29, 0.717) is 6.67 Å². The molecule has 4 aromatic rings. The fourth-order valence-corrected chi connectivity index (χ4v) is 3.86. The molecule has 0 atom stereocenters. The summed E-state index contributed by atoms with van der Waals surface area (Å²) in [5.41, 5.74) is 6.56. The molecular formula is C27H22N2O. The second kappa shape index (κ2) is 7.80. The van der Waals surface area contributed by atoms with Crippen molar-refractivity contribution in [3.63, 3.8) is 0 Å². The molecule has 4 aromatic carbocycles. The van der Waals surface area contributed by atoms with Gasteiger partial charge in [-0.2, -0.15) is 0 Å². The molecule has 1 heterocycles. The van der Waals surface area contributed by atoms with Crippen molar-refractivity contribution >= 4 is 17.1 Å². The zero-order valence-corrected chi connectivity index (χ0v) is 16.5. The van der Waals surface area contributed by atoms with Gasteiger partial charge in [0.25, 0.3) is 0 Å². The normalized spacial score (nSPS) is 13.4. The molecule has 146 valence electrons. The molecular weight excluding hydrogens is 368 g/mol. The molecule has 1 aliphatic rings. The van der Waals surface area contributed by atoms with Gasteiger partial charge in [-0.05, 0) is 41.0 Å². The van der Waals surface area contributed by atoms with Gasteiger partial charge >= 0.3 is 0 Å². The maximum Gasteiger partial charge on any atom is 0.139 e. The van der Waals surface area contributed by atoms with Crippen molar-refractivity contribution < 1.29 is 5.11 Å². The number of phenolic OH excluding ortho intramolecular Hbond substituents is 1. The molecule has 0 amide bonds. The Morgan fingerprint density at radius 2 is 1.13 bits per heavy atom. The van der Waals surface area contributed by atoms with Crippen LogP contribution >= 0.6 is 0 Å². The molecule has 1 N–H and O–H groups in total. The average molecular weight is 390 g/mol. The van der Waals surface area contributed by atoms with Crippen LogP contribution in [0, 0.1) is 0 Å². The summed E-state index contributed by atoms with van der Waals surface area (Å²) in [5.74, 6) is 0.280. The Labute approximate surface area is 176 Å². The zero-order chi connectivity index (χ0) is 20.3. The van der Waals surface area contributed by atoms with Crippen LogP contribution in [0.4, 0.5) is 11.4 Å². The van der Waals surface area contributed by atoms with Gasteiger partial charge in [0.2, 0.25) is 0 Å². The number of rotatable bonds is 4. The van der Waals surface area contributed by atoms with Crippen LogP contribution in [-0.4, -0.2) is 11.8 Å². The fraction of sp³-hybridized carbons (Fsp3) is 0.0370. The summed E-state index contributed by atoms with van der Waals surface area (Å²) in [7, 11) is 0. The third-order valence-electron chi connectivity index (χ3n) is 5.41. The van der Waals surface area contributed by atoms with E-state index >= 15 is 0 Å². The molecule has 0 bridgehead atoms. The zero-order valence-electron chi connectivity index (χ0n) is 16.5. The molecule has 30 heavy (non-hydrogen) atoms. The number of hydrogen-bond acceptors (Lipinski definition) is 3. The molecule has 5 rings (SSSR count). The molecule has 0 unspecified atom stereocenters. The second-order valence-corrected chi connectivity index (χ2v) is 7.32. The van der Waals surface area contributed by atoms with Gasteiger partial charge in [-0.3, -0.25) is 0 Å². The van der Waals surface area contributed by atoms with E-state index in [2.05, 4.69) is 76.7 Å². The summed E-state index contributed by atoms with van der Waals surface area (Å²) in [4.78, 5) is 4.35. The second-order valence-electron chi connectivity index (χ2n) is 7.32. The molecule has 0 saturated heterocycles. The van der Waals surface area contributed by atoms with E-state index in [1.807, 2.05) is 42.5 Å². The highest BCUT2D eigenvalue weighted by Crippen LogP contribution is 2.37. The molecule has 0 aromatic heterocycles. The minimum Gasteiger partial charge on any atom is -0.506 e.